The molecule has 0 radical (unpaired) electrons. The summed E-state index contributed by atoms with van der Waals surface area (Å²) in [7, 11) is 0. The lowest BCUT2D eigenvalue weighted by atomic mass is 9.82. The van der Waals surface area contributed by atoms with E-state index in [1.54, 1.807) is 12.1 Å². The first kappa shape index (κ1) is 14.6. The molecule has 1 aromatic heterocycles. The van der Waals surface area contributed by atoms with E-state index in [4.69, 9.17) is 0 Å². The SMILES string of the molecule is O=C(NC1CCC(c2ccccc2)CC1)c1cc[n+]([O-])cc1. The van der Waals surface area contributed by atoms with Gasteiger partial charge in [-0.05, 0) is 37.2 Å². The van der Waals surface area contributed by atoms with Crippen molar-refractivity contribution >= 4 is 5.91 Å². The minimum absolute atomic E-state index is 0.0937. The van der Waals surface area contributed by atoms with Gasteiger partial charge in [0.15, 0.2) is 12.4 Å². The molecule has 0 aliphatic heterocycles. The normalized spacial score (nSPS) is 21.3. The van der Waals surface area contributed by atoms with Crippen molar-refractivity contribution < 1.29 is 9.52 Å². The van der Waals surface area contributed by atoms with E-state index in [1.807, 2.05) is 6.07 Å². The van der Waals surface area contributed by atoms with Crippen LogP contribution >= 0.6 is 0 Å². The molecule has 0 saturated heterocycles. The van der Waals surface area contributed by atoms with E-state index in [-0.39, 0.29) is 11.9 Å². The summed E-state index contributed by atoms with van der Waals surface area (Å²) >= 11 is 0. The van der Waals surface area contributed by atoms with Crippen LogP contribution in [0.25, 0.3) is 0 Å². The first-order valence-corrected chi connectivity index (χ1v) is 7.77. The predicted molar refractivity (Wildman–Crippen MR) is 84.3 cm³/mol. The topological polar surface area (TPSA) is 56.0 Å². The molecule has 1 amide bonds. The quantitative estimate of drug-likeness (QED) is 0.699. The summed E-state index contributed by atoms with van der Waals surface area (Å²) in [5.41, 5.74) is 1.94. The number of hydrogen-bond acceptors (Lipinski definition) is 2. The van der Waals surface area contributed by atoms with Crippen LogP contribution in [0.5, 0.6) is 0 Å². The predicted octanol–water partition coefficient (Wildman–Crippen LogP) is 2.78. The molecule has 4 nitrogen and oxygen atoms in total. The van der Waals surface area contributed by atoms with Crippen LogP contribution in [0.2, 0.25) is 0 Å². The van der Waals surface area contributed by atoms with E-state index in [9.17, 15) is 10.0 Å². The average Bonchev–Trinajstić information content (AvgIpc) is 2.57. The van der Waals surface area contributed by atoms with Crippen molar-refractivity contribution in [3.05, 3.63) is 71.2 Å². The lowest BCUT2D eigenvalue weighted by molar-refractivity contribution is -0.605. The Balaban J connectivity index is 1.53. The van der Waals surface area contributed by atoms with Gasteiger partial charge in [0.25, 0.3) is 5.91 Å². The highest BCUT2D eigenvalue weighted by molar-refractivity contribution is 5.94. The van der Waals surface area contributed by atoms with Crippen molar-refractivity contribution in [3.8, 4) is 0 Å². The Bertz CT molecular complexity index is 617. The maximum absolute atomic E-state index is 12.2. The second kappa shape index (κ2) is 6.60. The summed E-state index contributed by atoms with van der Waals surface area (Å²) in [6.07, 6.45) is 6.90. The van der Waals surface area contributed by atoms with E-state index < -0.39 is 0 Å². The third kappa shape index (κ3) is 3.45. The molecule has 1 aromatic carbocycles. The Labute approximate surface area is 130 Å². The fourth-order valence-electron chi connectivity index (χ4n) is 3.13. The summed E-state index contributed by atoms with van der Waals surface area (Å²) in [5.74, 6) is 0.509. The van der Waals surface area contributed by atoms with Crippen molar-refractivity contribution in [1.82, 2.24) is 5.32 Å². The molecule has 0 bridgehead atoms. The molecule has 3 rings (SSSR count). The fourth-order valence-corrected chi connectivity index (χ4v) is 3.13. The molecule has 0 atom stereocenters. The van der Waals surface area contributed by atoms with Gasteiger partial charge < -0.3 is 10.5 Å². The maximum Gasteiger partial charge on any atom is 0.251 e. The highest BCUT2D eigenvalue weighted by atomic mass is 16.5. The van der Waals surface area contributed by atoms with Crippen molar-refractivity contribution in [1.29, 1.82) is 0 Å². The van der Waals surface area contributed by atoms with Crippen LogP contribution in [0, 0.1) is 5.21 Å². The van der Waals surface area contributed by atoms with E-state index in [1.165, 1.54) is 18.0 Å². The lowest BCUT2D eigenvalue weighted by Crippen LogP contribution is -2.37. The zero-order valence-electron chi connectivity index (χ0n) is 12.4. The third-order valence-electron chi connectivity index (χ3n) is 4.40. The van der Waals surface area contributed by atoms with Crippen LogP contribution in [-0.2, 0) is 0 Å². The summed E-state index contributed by atoms with van der Waals surface area (Å²) in [6, 6.07) is 13.9. The Morgan fingerprint density at radius 2 is 1.64 bits per heavy atom. The van der Waals surface area contributed by atoms with Crippen LogP contribution in [0.1, 0.15) is 47.5 Å². The first-order valence-electron chi connectivity index (χ1n) is 7.77. The van der Waals surface area contributed by atoms with Gasteiger partial charge in [-0.2, -0.15) is 4.73 Å². The standard InChI is InChI=1S/C18H20N2O2/c21-18(16-10-12-20(22)13-11-16)19-17-8-6-15(7-9-17)14-4-2-1-3-5-14/h1-5,10-13,15,17H,6-9H2,(H,19,21). The molecular formula is C18H20N2O2. The van der Waals surface area contributed by atoms with Crippen LogP contribution in [-0.4, -0.2) is 11.9 Å². The number of benzene rings is 1. The zero-order valence-corrected chi connectivity index (χ0v) is 12.4. The van der Waals surface area contributed by atoms with Gasteiger partial charge in [-0.25, -0.2) is 0 Å². The van der Waals surface area contributed by atoms with Crippen LogP contribution in [0.15, 0.2) is 54.9 Å². The van der Waals surface area contributed by atoms with Crippen LogP contribution in [0.3, 0.4) is 0 Å². The smallest absolute Gasteiger partial charge is 0.251 e. The van der Waals surface area contributed by atoms with E-state index >= 15 is 0 Å². The van der Waals surface area contributed by atoms with E-state index in [2.05, 4.69) is 29.6 Å². The van der Waals surface area contributed by atoms with E-state index in [0.717, 1.165) is 25.7 Å². The largest absolute Gasteiger partial charge is 0.619 e. The van der Waals surface area contributed by atoms with Crippen molar-refractivity contribution in [3.63, 3.8) is 0 Å². The van der Waals surface area contributed by atoms with Crippen LogP contribution in [0.4, 0.5) is 0 Å². The summed E-state index contributed by atoms with van der Waals surface area (Å²) in [5, 5.41) is 14.1. The maximum atomic E-state index is 12.2. The number of carbonyl (C=O) groups excluding carboxylic acids is 1. The Morgan fingerprint density at radius 1 is 1.00 bits per heavy atom. The molecule has 0 spiro atoms. The van der Waals surface area contributed by atoms with Gasteiger partial charge >= 0.3 is 0 Å². The van der Waals surface area contributed by atoms with Gasteiger partial charge in [-0.15, -0.1) is 0 Å². The molecule has 1 heterocycles. The highest BCUT2D eigenvalue weighted by Crippen LogP contribution is 2.32. The highest BCUT2D eigenvalue weighted by Gasteiger charge is 2.23. The fraction of sp³-hybridized carbons (Fsp3) is 0.333. The molecule has 4 heteroatoms. The second-order valence-electron chi connectivity index (χ2n) is 5.88. The number of hydrogen-bond donors (Lipinski definition) is 1. The molecule has 1 aliphatic carbocycles. The van der Waals surface area contributed by atoms with Gasteiger partial charge in [-0.3, -0.25) is 4.79 Å². The number of aromatic nitrogens is 1. The number of nitrogens with zero attached hydrogens (tertiary/aromatic N) is 1. The van der Waals surface area contributed by atoms with Crippen molar-refractivity contribution in [2.45, 2.75) is 37.6 Å². The average molecular weight is 296 g/mol. The lowest BCUT2D eigenvalue weighted by Gasteiger charge is -2.29. The number of rotatable bonds is 3. The molecule has 1 fully saturated rings. The molecule has 1 saturated carbocycles. The molecule has 1 aliphatic rings. The van der Waals surface area contributed by atoms with Crippen molar-refractivity contribution in [2.24, 2.45) is 0 Å². The minimum Gasteiger partial charge on any atom is -0.619 e. The summed E-state index contributed by atoms with van der Waals surface area (Å²) in [4.78, 5) is 12.2. The summed E-state index contributed by atoms with van der Waals surface area (Å²) < 4.78 is 0.682. The minimum atomic E-state index is -0.0937. The Hall–Kier alpha value is -2.36. The molecule has 22 heavy (non-hydrogen) atoms. The number of carbonyl (C=O) groups is 1. The first-order chi connectivity index (χ1) is 10.7. The zero-order chi connectivity index (χ0) is 15.4. The Kier molecular flexibility index (Phi) is 4.37. The molecule has 1 N–H and O–H groups in total. The van der Waals surface area contributed by atoms with Crippen molar-refractivity contribution in [2.75, 3.05) is 0 Å². The van der Waals surface area contributed by atoms with Gasteiger partial charge in [0, 0.05) is 18.2 Å². The van der Waals surface area contributed by atoms with Gasteiger partial charge in [0.1, 0.15) is 0 Å². The Morgan fingerprint density at radius 3 is 2.27 bits per heavy atom. The van der Waals surface area contributed by atoms with E-state index in [0.29, 0.717) is 16.2 Å². The molecule has 0 unspecified atom stereocenters. The molecule has 114 valence electrons. The molecular weight excluding hydrogens is 276 g/mol. The third-order valence-corrected chi connectivity index (χ3v) is 4.40. The van der Waals surface area contributed by atoms with Gasteiger partial charge in [-0.1, -0.05) is 30.3 Å². The van der Waals surface area contributed by atoms with Gasteiger partial charge in [0.2, 0.25) is 0 Å². The molecule has 2 aromatic rings. The number of nitrogens with one attached hydrogen (secondary N) is 1. The summed E-state index contributed by atoms with van der Waals surface area (Å²) in [6.45, 7) is 0. The van der Waals surface area contributed by atoms with Crippen LogP contribution < -0.4 is 10.0 Å². The van der Waals surface area contributed by atoms with Gasteiger partial charge in [0.05, 0.1) is 5.56 Å². The monoisotopic (exact) mass is 296 g/mol. The number of pyridine rings is 1. The number of amides is 1. The second-order valence-corrected chi connectivity index (χ2v) is 5.88.